The Balaban J connectivity index is 0.000000257. The summed E-state index contributed by atoms with van der Waals surface area (Å²) in [5.74, 6) is -1.62. The first kappa shape index (κ1) is 21.1. The van der Waals surface area contributed by atoms with Crippen molar-refractivity contribution in [1.29, 1.82) is 0 Å². The number of aliphatic hydroxyl groups is 4. The monoisotopic (exact) mass is 361 g/mol. The number of aliphatic carboxylic acids is 1. The second kappa shape index (κ2) is 9.51. The molecule has 9 N–H and O–H groups in total. The van der Waals surface area contributed by atoms with Crippen molar-refractivity contribution in [2.75, 3.05) is 6.61 Å². The summed E-state index contributed by atoms with van der Waals surface area (Å²) >= 11 is 0. The van der Waals surface area contributed by atoms with Gasteiger partial charge in [0.25, 0.3) is 0 Å². The molecule has 1 aromatic carbocycles. The summed E-state index contributed by atoms with van der Waals surface area (Å²) in [6.07, 6.45) is -4.00. The number of carboxylic acid groups (broad SMARTS) is 1. The lowest BCUT2D eigenvalue weighted by Crippen LogP contribution is -2.49. The summed E-state index contributed by atoms with van der Waals surface area (Å²) in [4.78, 5) is 10.4. The molecule has 10 nitrogen and oxygen atoms in total. The predicted octanol–water partition coefficient (Wildman–Crippen LogP) is -2.14. The number of hydrogen-bond acceptors (Lipinski definition) is 9. The highest BCUT2D eigenvalue weighted by Crippen LogP contribution is 2.25. The molecule has 0 saturated carbocycles. The SMILES string of the molecule is N[C@@H](Cc1ccc(O)c(O)c1)C(=O)O.OC[C@H]1OC(O)C[C@@H](O)[C@@H]1O. The van der Waals surface area contributed by atoms with E-state index in [9.17, 15) is 4.79 Å². The lowest BCUT2D eigenvalue weighted by Gasteiger charge is -2.33. The number of phenolic OH excluding ortho intramolecular Hbond substituents is 2. The minimum atomic E-state index is -1.11. The van der Waals surface area contributed by atoms with Gasteiger partial charge in [-0.2, -0.15) is 0 Å². The minimum absolute atomic E-state index is 0.0162. The van der Waals surface area contributed by atoms with Crippen LogP contribution in [0.15, 0.2) is 18.2 Å². The van der Waals surface area contributed by atoms with E-state index >= 15 is 0 Å². The Morgan fingerprint density at radius 1 is 1.24 bits per heavy atom. The van der Waals surface area contributed by atoms with Crippen LogP contribution in [0.4, 0.5) is 0 Å². The van der Waals surface area contributed by atoms with E-state index in [0.717, 1.165) is 0 Å². The van der Waals surface area contributed by atoms with Crippen LogP contribution in [-0.2, 0) is 16.0 Å². The molecule has 0 radical (unpaired) electrons. The predicted molar refractivity (Wildman–Crippen MR) is 83.7 cm³/mol. The Bertz CT molecular complexity index is 568. The Kier molecular flexibility index (Phi) is 8.03. The van der Waals surface area contributed by atoms with Crippen LogP contribution in [0.25, 0.3) is 0 Å². The topological polar surface area (TPSA) is 194 Å². The molecule has 0 aliphatic carbocycles. The summed E-state index contributed by atoms with van der Waals surface area (Å²) in [5, 5.41) is 62.3. The van der Waals surface area contributed by atoms with Crippen molar-refractivity contribution in [2.24, 2.45) is 5.73 Å². The van der Waals surface area contributed by atoms with Gasteiger partial charge in [0.05, 0.1) is 12.7 Å². The van der Waals surface area contributed by atoms with Gasteiger partial charge in [0.15, 0.2) is 17.8 Å². The number of phenols is 2. The molecule has 1 fully saturated rings. The van der Waals surface area contributed by atoms with Gasteiger partial charge in [-0.3, -0.25) is 4.79 Å². The molecule has 2 rings (SSSR count). The normalized spacial score (nSPS) is 27.1. The number of ether oxygens (including phenoxy) is 1. The number of benzene rings is 1. The highest BCUT2D eigenvalue weighted by molar-refractivity contribution is 5.73. The molecule has 0 spiro atoms. The first-order chi connectivity index (χ1) is 11.6. The van der Waals surface area contributed by atoms with E-state index in [-0.39, 0.29) is 24.3 Å². The van der Waals surface area contributed by atoms with Crippen LogP contribution < -0.4 is 5.73 Å². The molecule has 1 aliphatic heterocycles. The molecule has 0 aromatic heterocycles. The van der Waals surface area contributed by atoms with Crippen LogP contribution in [0.5, 0.6) is 11.5 Å². The van der Waals surface area contributed by atoms with Crippen molar-refractivity contribution in [3.05, 3.63) is 23.8 Å². The first-order valence-electron chi connectivity index (χ1n) is 7.45. The van der Waals surface area contributed by atoms with Crippen LogP contribution in [0, 0.1) is 0 Å². The van der Waals surface area contributed by atoms with Crippen molar-refractivity contribution in [1.82, 2.24) is 0 Å². The molecule has 142 valence electrons. The molecule has 1 aromatic rings. The smallest absolute Gasteiger partial charge is 0.320 e. The minimum Gasteiger partial charge on any atom is -0.504 e. The molecule has 25 heavy (non-hydrogen) atoms. The molecule has 0 bridgehead atoms. The molecule has 1 aliphatic rings. The van der Waals surface area contributed by atoms with Crippen LogP contribution in [0.3, 0.4) is 0 Å². The Morgan fingerprint density at radius 2 is 1.88 bits per heavy atom. The summed E-state index contributed by atoms with van der Waals surface area (Å²) < 4.78 is 4.71. The molecule has 1 saturated heterocycles. The zero-order chi connectivity index (χ0) is 19.1. The fourth-order valence-corrected chi connectivity index (χ4v) is 2.12. The average molecular weight is 361 g/mol. The molecule has 1 heterocycles. The average Bonchev–Trinajstić information content (AvgIpc) is 2.54. The zero-order valence-electron chi connectivity index (χ0n) is 13.3. The number of aliphatic hydroxyl groups excluding tert-OH is 4. The van der Waals surface area contributed by atoms with Crippen LogP contribution >= 0.6 is 0 Å². The lowest BCUT2D eigenvalue weighted by molar-refractivity contribution is -0.239. The Labute approximate surface area is 143 Å². The maximum absolute atomic E-state index is 10.4. The molecular formula is C15H23NO9. The second-order valence-electron chi connectivity index (χ2n) is 5.58. The fraction of sp³-hybridized carbons (Fsp3) is 0.533. The van der Waals surface area contributed by atoms with Crippen LogP contribution in [0.1, 0.15) is 12.0 Å². The summed E-state index contributed by atoms with van der Waals surface area (Å²) in [6.45, 7) is -0.407. The number of rotatable bonds is 4. The fourth-order valence-electron chi connectivity index (χ4n) is 2.12. The van der Waals surface area contributed by atoms with Crippen molar-refractivity contribution in [3.8, 4) is 11.5 Å². The third kappa shape index (κ3) is 6.46. The molecule has 1 unspecified atom stereocenters. The first-order valence-corrected chi connectivity index (χ1v) is 7.45. The van der Waals surface area contributed by atoms with E-state index in [0.29, 0.717) is 5.56 Å². The highest BCUT2D eigenvalue weighted by Gasteiger charge is 2.35. The van der Waals surface area contributed by atoms with Crippen LogP contribution in [-0.4, -0.2) is 79.0 Å². The maximum atomic E-state index is 10.4. The van der Waals surface area contributed by atoms with Gasteiger partial charge in [-0.1, -0.05) is 6.07 Å². The van der Waals surface area contributed by atoms with Crippen LogP contribution in [0.2, 0.25) is 0 Å². The van der Waals surface area contributed by atoms with E-state index in [1.165, 1.54) is 18.2 Å². The summed E-state index contributed by atoms with van der Waals surface area (Å²) in [7, 11) is 0. The standard InChI is InChI=1S/C9H11NO4.C6H12O5/c10-6(9(13)14)3-5-1-2-7(11)8(12)4-5;7-2-4-6(10)3(8)1-5(9)11-4/h1-2,4,6,11-12H,3,10H2,(H,13,14);3-10H,1-2H2/t6-;3-,4-,5?,6+/m01/s1. The third-order valence-electron chi connectivity index (χ3n) is 3.54. The van der Waals surface area contributed by atoms with Gasteiger partial charge < -0.3 is 46.2 Å². The molecule has 5 atom stereocenters. The number of carboxylic acids is 1. The molecule has 10 heteroatoms. The van der Waals surface area contributed by atoms with E-state index in [1.54, 1.807) is 0 Å². The van der Waals surface area contributed by atoms with E-state index in [1.807, 2.05) is 0 Å². The zero-order valence-corrected chi connectivity index (χ0v) is 13.3. The summed E-state index contributed by atoms with van der Waals surface area (Å²) in [6, 6.07) is 3.09. The van der Waals surface area contributed by atoms with Gasteiger partial charge in [0.1, 0.15) is 18.2 Å². The van der Waals surface area contributed by atoms with E-state index in [4.69, 9.17) is 46.2 Å². The highest BCUT2D eigenvalue weighted by atomic mass is 16.6. The van der Waals surface area contributed by atoms with Gasteiger partial charge in [-0.05, 0) is 24.1 Å². The summed E-state index contributed by atoms with van der Waals surface area (Å²) in [5.41, 5.74) is 5.86. The quantitative estimate of drug-likeness (QED) is 0.274. The maximum Gasteiger partial charge on any atom is 0.320 e. The molecule has 0 amide bonds. The van der Waals surface area contributed by atoms with Crippen molar-refractivity contribution < 1.29 is 45.3 Å². The lowest BCUT2D eigenvalue weighted by atomic mass is 10.0. The van der Waals surface area contributed by atoms with Crippen molar-refractivity contribution in [3.63, 3.8) is 0 Å². The van der Waals surface area contributed by atoms with Gasteiger partial charge in [0.2, 0.25) is 0 Å². The Morgan fingerprint density at radius 3 is 2.40 bits per heavy atom. The van der Waals surface area contributed by atoms with Gasteiger partial charge in [0, 0.05) is 6.42 Å². The van der Waals surface area contributed by atoms with Gasteiger partial charge in [-0.25, -0.2) is 0 Å². The number of nitrogens with two attached hydrogens (primary N) is 1. The van der Waals surface area contributed by atoms with Crippen molar-refractivity contribution >= 4 is 5.97 Å². The number of aromatic hydroxyl groups is 2. The van der Waals surface area contributed by atoms with E-state index in [2.05, 4.69) is 0 Å². The number of hydrogen-bond donors (Lipinski definition) is 8. The Hall–Kier alpha value is -1.95. The second-order valence-corrected chi connectivity index (χ2v) is 5.58. The van der Waals surface area contributed by atoms with Gasteiger partial charge >= 0.3 is 5.97 Å². The van der Waals surface area contributed by atoms with E-state index < -0.39 is 43.2 Å². The molecular weight excluding hydrogens is 338 g/mol. The third-order valence-corrected chi connectivity index (χ3v) is 3.54. The largest absolute Gasteiger partial charge is 0.504 e. The van der Waals surface area contributed by atoms with Gasteiger partial charge in [-0.15, -0.1) is 0 Å². The van der Waals surface area contributed by atoms with Crippen molar-refractivity contribution in [2.45, 2.75) is 43.5 Å². The number of carbonyl (C=O) groups is 1.